The second-order valence-electron chi connectivity index (χ2n) is 13.4. The summed E-state index contributed by atoms with van der Waals surface area (Å²) in [6.45, 7) is 9.08. The standard InChI is InChI=1S/C37H72N4O6/c1-3-5-7-9-11-13-15-17-19-21-31-46-36(44)24-23-34(37(45)47-32-22-20-18-16-14-12-10-8-6-4-2)39-41-28-26-38-25-27-40(29-30-41)33-35(42)43/h34,38-39H,3-33H2,1-2H3,(H,42,43)/t34-/m0/s1. The molecule has 0 bridgehead atoms. The summed E-state index contributed by atoms with van der Waals surface area (Å²) in [7, 11) is 0. The number of carboxylic acids is 1. The van der Waals surface area contributed by atoms with Crippen LogP contribution in [-0.4, -0.2) is 98.0 Å². The maximum absolute atomic E-state index is 13.2. The lowest BCUT2D eigenvalue weighted by molar-refractivity contribution is -0.149. The predicted molar refractivity (Wildman–Crippen MR) is 190 cm³/mol. The second kappa shape index (κ2) is 31.5. The van der Waals surface area contributed by atoms with Crippen molar-refractivity contribution in [2.24, 2.45) is 0 Å². The molecule has 0 aromatic carbocycles. The molecule has 1 aliphatic rings. The van der Waals surface area contributed by atoms with E-state index in [1.807, 2.05) is 9.91 Å². The van der Waals surface area contributed by atoms with Crippen LogP contribution in [0, 0.1) is 0 Å². The molecule has 1 atom stereocenters. The van der Waals surface area contributed by atoms with Crippen molar-refractivity contribution in [2.75, 3.05) is 59.0 Å². The molecule has 10 nitrogen and oxygen atoms in total. The van der Waals surface area contributed by atoms with Crippen LogP contribution in [0.5, 0.6) is 0 Å². The fourth-order valence-corrected chi connectivity index (χ4v) is 5.97. The van der Waals surface area contributed by atoms with Gasteiger partial charge in [0.05, 0.1) is 19.8 Å². The lowest BCUT2D eigenvalue weighted by Gasteiger charge is -2.29. The third-order valence-corrected chi connectivity index (χ3v) is 8.97. The van der Waals surface area contributed by atoms with E-state index < -0.39 is 12.0 Å². The van der Waals surface area contributed by atoms with Gasteiger partial charge in [-0.15, -0.1) is 0 Å². The Morgan fingerprint density at radius 2 is 1.15 bits per heavy atom. The number of unbranched alkanes of at least 4 members (excludes halogenated alkanes) is 18. The number of ether oxygens (including phenoxy) is 2. The van der Waals surface area contributed by atoms with Crippen LogP contribution >= 0.6 is 0 Å². The largest absolute Gasteiger partial charge is 0.480 e. The van der Waals surface area contributed by atoms with Crippen LogP contribution in [0.15, 0.2) is 0 Å². The third kappa shape index (κ3) is 26.8. The quantitative estimate of drug-likeness (QED) is 0.0553. The normalized spacial score (nSPS) is 15.4. The molecule has 0 radical (unpaired) electrons. The van der Waals surface area contributed by atoms with E-state index in [0.717, 1.165) is 32.1 Å². The van der Waals surface area contributed by atoms with Crippen LogP contribution in [-0.2, 0) is 23.9 Å². The SMILES string of the molecule is CCCCCCCCCCCCOC(=O)CC[C@H](NN1CCNCCN(CC(=O)O)CC1)C(=O)OCCCCCCCCCCCC. The molecule has 10 heteroatoms. The number of carboxylic acid groups (broad SMARTS) is 1. The van der Waals surface area contributed by atoms with Gasteiger partial charge in [0.25, 0.3) is 0 Å². The highest BCUT2D eigenvalue weighted by Gasteiger charge is 2.25. The first-order chi connectivity index (χ1) is 23.0. The van der Waals surface area contributed by atoms with Crippen molar-refractivity contribution in [1.82, 2.24) is 20.7 Å². The van der Waals surface area contributed by atoms with Crippen LogP contribution in [0.1, 0.15) is 155 Å². The number of rotatable bonds is 30. The highest BCUT2D eigenvalue weighted by atomic mass is 16.5. The summed E-state index contributed by atoms with van der Waals surface area (Å²) in [4.78, 5) is 39.0. The molecule has 0 unspecified atom stereocenters. The van der Waals surface area contributed by atoms with Crippen molar-refractivity contribution in [3.05, 3.63) is 0 Å². The summed E-state index contributed by atoms with van der Waals surface area (Å²) in [5.41, 5.74) is 3.32. The van der Waals surface area contributed by atoms with Crippen LogP contribution in [0.3, 0.4) is 0 Å². The highest BCUT2D eigenvalue weighted by molar-refractivity contribution is 5.77. The number of carbonyl (C=O) groups is 3. The van der Waals surface area contributed by atoms with E-state index in [0.29, 0.717) is 52.5 Å². The summed E-state index contributed by atoms with van der Waals surface area (Å²) >= 11 is 0. The van der Waals surface area contributed by atoms with E-state index in [1.165, 1.54) is 96.3 Å². The first kappa shape index (κ1) is 43.3. The van der Waals surface area contributed by atoms with Gasteiger partial charge >= 0.3 is 17.9 Å². The van der Waals surface area contributed by atoms with Crippen molar-refractivity contribution >= 4 is 17.9 Å². The monoisotopic (exact) mass is 669 g/mol. The zero-order valence-electron chi connectivity index (χ0n) is 30.4. The average molecular weight is 669 g/mol. The van der Waals surface area contributed by atoms with Gasteiger partial charge in [-0.1, -0.05) is 129 Å². The summed E-state index contributed by atoms with van der Waals surface area (Å²) in [6.07, 6.45) is 24.8. The van der Waals surface area contributed by atoms with Crippen LogP contribution < -0.4 is 10.7 Å². The summed E-state index contributed by atoms with van der Waals surface area (Å²) in [5.74, 6) is -1.49. The Kier molecular flexibility index (Phi) is 29.0. The number of nitrogens with zero attached hydrogens (tertiary/aromatic N) is 2. The zero-order valence-corrected chi connectivity index (χ0v) is 30.4. The summed E-state index contributed by atoms with van der Waals surface area (Å²) in [6, 6.07) is -0.670. The van der Waals surface area contributed by atoms with E-state index in [2.05, 4.69) is 24.6 Å². The molecule has 1 fully saturated rings. The first-order valence-corrected chi connectivity index (χ1v) is 19.4. The molecule has 276 valence electrons. The lowest BCUT2D eigenvalue weighted by atomic mass is 10.1. The first-order valence-electron chi connectivity index (χ1n) is 19.4. The minimum atomic E-state index is -0.853. The maximum Gasteiger partial charge on any atom is 0.324 e. The van der Waals surface area contributed by atoms with Gasteiger partial charge in [0.1, 0.15) is 6.04 Å². The Morgan fingerprint density at radius 3 is 1.68 bits per heavy atom. The van der Waals surface area contributed by atoms with Crippen molar-refractivity contribution in [3.8, 4) is 0 Å². The number of hydrazine groups is 1. The van der Waals surface area contributed by atoms with Gasteiger partial charge < -0.3 is 19.9 Å². The van der Waals surface area contributed by atoms with E-state index >= 15 is 0 Å². The Bertz CT molecular complexity index is 771. The van der Waals surface area contributed by atoms with Crippen LogP contribution in [0.2, 0.25) is 0 Å². The van der Waals surface area contributed by atoms with Crippen molar-refractivity contribution < 1.29 is 29.0 Å². The number of hydrogen-bond donors (Lipinski definition) is 3. The molecule has 47 heavy (non-hydrogen) atoms. The summed E-state index contributed by atoms with van der Waals surface area (Å²) < 4.78 is 11.2. The van der Waals surface area contributed by atoms with E-state index in [-0.39, 0.29) is 31.3 Å². The molecule has 0 amide bonds. The minimum Gasteiger partial charge on any atom is -0.480 e. The smallest absolute Gasteiger partial charge is 0.324 e. The molecule has 1 saturated heterocycles. The minimum absolute atomic E-state index is 0.0231. The van der Waals surface area contributed by atoms with Crippen LogP contribution in [0.25, 0.3) is 0 Å². The molecule has 0 aromatic rings. The molecular formula is C37H72N4O6. The van der Waals surface area contributed by atoms with Crippen molar-refractivity contribution in [2.45, 2.75) is 161 Å². The number of aliphatic carboxylic acids is 1. The highest BCUT2D eigenvalue weighted by Crippen LogP contribution is 2.13. The molecule has 1 rings (SSSR count). The molecule has 0 saturated carbocycles. The Balaban J connectivity index is 2.46. The van der Waals surface area contributed by atoms with E-state index in [1.54, 1.807) is 0 Å². The fourth-order valence-electron chi connectivity index (χ4n) is 5.97. The fraction of sp³-hybridized carbons (Fsp3) is 0.919. The van der Waals surface area contributed by atoms with Gasteiger partial charge in [-0.2, -0.15) is 0 Å². The van der Waals surface area contributed by atoms with Gasteiger partial charge in [-0.3, -0.25) is 19.3 Å². The topological polar surface area (TPSA) is 120 Å². The van der Waals surface area contributed by atoms with Gasteiger partial charge in [0.15, 0.2) is 0 Å². The number of esters is 2. The second-order valence-corrected chi connectivity index (χ2v) is 13.4. The molecule has 0 aromatic heterocycles. The van der Waals surface area contributed by atoms with E-state index in [9.17, 15) is 19.5 Å². The number of nitrogens with one attached hydrogen (secondary N) is 2. The van der Waals surface area contributed by atoms with Gasteiger partial charge in [0.2, 0.25) is 0 Å². The van der Waals surface area contributed by atoms with Gasteiger partial charge in [-0.05, 0) is 19.3 Å². The van der Waals surface area contributed by atoms with E-state index in [4.69, 9.17) is 9.47 Å². The van der Waals surface area contributed by atoms with Crippen LogP contribution in [0.4, 0.5) is 0 Å². The Morgan fingerprint density at radius 1 is 0.660 bits per heavy atom. The number of hydrogen-bond acceptors (Lipinski definition) is 9. The van der Waals surface area contributed by atoms with Gasteiger partial charge in [-0.25, -0.2) is 10.4 Å². The zero-order chi connectivity index (χ0) is 34.2. The number of carbonyl (C=O) groups excluding carboxylic acids is 2. The Labute approximate surface area is 287 Å². The predicted octanol–water partition coefficient (Wildman–Crippen LogP) is 6.86. The molecule has 1 aliphatic heterocycles. The van der Waals surface area contributed by atoms with Gasteiger partial charge in [0, 0.05) is 45.7 Å². The lowest BCUT2D eigenvalue weighted by Crippen LogP contribution is -2.52. The molecule has 1 heterocycles. The average Bonchev–Trinajstić information content (AvgIpc) is 3.16. The molecule has 0 spiro atoms. The Hall–Kier alpha value is -1.75. The summed E-state index contributed by atoms with van der Waals surface area (Å²) in [5, 5.41) is 14.6. The van der Waals surface area contributed by atoms with Crippen molar-refractivity contribution in [1.29, 1.82) is 0 Å². The molecular weight excluding hydrogens is 596 g/mol. The maximum atomic E-state index is 13.2. The molecule has 3 N–H and O–H groups in total. The molecule has 0 aliphatic carbocycles. The van der Waals surface area contributed by atoms with Crippen molar-refractivity contribution in [3.63, 3.8) is 0 Å². The third-order valence-electron chi connectivity index (χ3n) is 8.97.